The summed E-state index contributed by atoms with van der Waals surface area (Å²) in [5.41, 5.74) is -3.59. The second kappa shape index (κ2) is 9.71. The molecule has 3 aromatic rings. The lowest BCUT2D eigenvalue weighted by molar-refractivity contribution is -0.153. The van der Waals surface area contributed by atoms with Gasteiger partial charge in [-0.3, -0.25) is 9.59 Å². The van der Waals surface area contributed by atoms with Gasteiger partial charge in [-0.1, -0.05) is 6.07 Å². The highest BCUT2D eigenvalue weighted by atomic mass is 32.2. The third-order valence-electron chi connectivity index (χ3n) is 6.72. The summed E-state index contributed by atoms with van der Waals surface area (Å²) in [6, 6.07) is 5.58. The molecule has 42 heavy (non-hydrogen) atoms. The number of carbonyl (C=O) groups is 2. The van der Waals surface area contributed by atoms with Crippen LogP contribution in [0.15, 0.2) is 36.4 Å². The molecule has 0 fully saturated rings. The second-order valence-electron chi connectivity index (χ2n) is 9.94. The molecule has 1 spiro atoms. The number of fused-ring (bicyclic) bond motifs is 3. The monoisotopic (exact) mass is 620 g/mol. The number of anilines is 1. The number of hydrogen-bond donors (Lipinski definition) is 2. The summed E-state index contributed by atoms with van der Waals surface area (Å²) < 4.78 is 125. The van der Waals surface area contributed by atoms with E-state index < -0.39 is 87.5 Å². The van der Waals surface area contributed by atoms with Crippen molar-refractivity contribution < 1.29 is 53.5 Å². The van der Waals surface area contributed by atoms with Gasteiger partial charge in [-0.25, -0.2) is 30.7 Å². The highest BCUT2D eigenvalue weighted by Gasteiger charge is 2.63. The number of sulfone groups is 1. The largest absolute Gasteiger partial charge is 0.484 e. The number of aromatic nitrogens is 2. The van der Waals surface area contributed by atoms with Gasteiger partial charge >= 0.3 is 6.18 Å². The SMILES string of the molecule is CS(=O)(=O)CC(=O)Nc1c2c(nn1-c1ccc(F)c(F)c1)C[C@]1(NC2=O)c2ccc(OCC(F)(F)F)cc2CC1(F)F. The lowest BCUT2D eigenvalue weighted by Gasteiger charge is -2.39. The Hall–Kier alpha value is -4.15. The predicted molar refractivity (Wildman–Crippen MR) is 131 cm³/mol. The number of rotatable bonds is 6. The van der Waals surface area contributed by atoms with Crippen molar-refractivity contribution in [3.05, 3.63) is 70.4 Å². The lowest BCUT2D eigenvalue weighted by Crippen LogP contribution is -2.59. The topological polar surface area (TPSA) is 119 Å². The molecule has 0 radical (unpaired) electrons. The fourth-order valence-electron chi connectivity index (χ4n) is 5.06. The van der Waals surface area contributed by atoms with Crippen LogP contribution in [0.3, 0.4) is 0 Å². The van der Waals surface area contributed by atoms with Crippen molar-refractivity contribution in [2.45, 2.75) is 30.5 Å². The van der Waals surface area contributed by atoms with E-state index in [1.165, 1.54) is 0 Å². The molecule has 9 nitrogen and oxygen atoms in total. The van der Waals surface area contributed by atoms with Gasteiger partial charge in [-0.05, 0) is 35.4 Å². The van der Waals surface area contributed by atoms with Crippen LogP contribution in [0.1, 0.15) is 27.2 Å². The summed E-state index contributed by atoms with van der Waals surface area (Å²) in [5.74, 6) is -10.4. The maximum absolute atomic E-state index is 15.7. The summed E-state index contributed by atoms with van der Waals surface area (Å²) in [6.07, 6.45) is -5.56. The number of nitrogens with one attached hydrogen (secondary N) is 2. The van der Waals surface area contributed by atoms with Crippen molar-refractivity contribution in [2.75, 3.05) is 23.9 Å². The van der Waals surface area contributed by atoms with Gasteiger partial charge in [-0.2, -0.15) is 18.3 Å². The molecule has 2 aromatic carbocycles. The normalized spacial score (nSPS) is 19.3. The quantitative estimate of drug-likeness (QED) is 0.408. The molecule has 0 saturated heterocycles. The van der Waals surface area contributed by atoms with Gasteiger partial charge in [0.15, 0.2) is 28.1 Å². The molecule has 2 N–H and O–H groups in total. The number of hydrogen-bond acceptors (Lipinski definition) is 6. The van der Waals surface area contributed by atoms with E-state index in [0.717, 1.165) is 41.3 Å². The van der Waals surface area contributed by atoms with E-state index in [4.69, 9.17) is 0 Å². The van der Waals surface area contributed by atoms with Crippen LogP contribution in [0.4, 0.5) is 36.6 Å². The Labute approximate surface area is 232 Å². The first kappa shape index (κ1) is 29.3. The highest BCUT2D eigenvalue weighted by Crippen LogP contribution is 2.52. The van der Waals surface area contributed by atoms with Gasteiger partial charge in [0.05, 0.1) is 11.4 Å². The van der Waals surface area contributed by atoms with Gasteiger partial charge in [-0.15, -0.1) is 0 Å². The van der Waals surface area contributed by atoms with Crippen LogP contribution < -0.4 is 15.4 Å². The Morgan fingerprint density at radius 1 is 1.12 bits per heavy atom. The number of ether oxygens (including phenoxy) is 1. The van der Waals surface area contributed by atoms with Crippen molar-refractivity contribution in [1.29, 1.82) is 0 Å². The minimum atomic E-state index is -4.67. The predicted octanol–water partition coefficient (Wildman–Crippen LogP) is 3.45. The fourth-order valence-corrected chi connectivity index (χ4v) is 5.61. The first-order chi connectivity index (χ1) is 19.4. The van der Waals surface area contributed by atoms with E-state index in [0.29, 0.717) is 6.07 Å². The highest BCUT2D eigenvalue weighted by molar-refractivity contribution is 7.91. The van der Waals surface area contributed by atoms with Crippen LogP contribution in [0.25, 0.3) is 5.69 Å². The fraction of sp³-hybridized carbons (Fsp3) is 0.320. The average Bonchev–Trinajstić information content (AvgIpc) is 3.29. The molecule has 224 valence electrons. The number of amides is 2. The van der Waals surface area contributed by atoms with E-state index in [1.807, 2.05) is 0 Å². The number of carbonyl (C=O) groups excluding carboxylic acids is 2. The van der Waals surface area contributed by atoms with Crippen molar-refractivity contribution in [3.8, 4) is 11.4 Å². The molecule has 2 amide bonds. The van der Waals surface area contributed by atoms with E-state index in [2.05, 4.69) is 20.5 Å². The van der Waals surface area contributed by atoms with Gasteiger partial charge < -0.3 is 15.4 Å². The van der Waals surface area contributed by atoms with Crippen LogP contribution in [0.5, 0.6) is 5.75 Å². The van der Waals surface area contributed by atoms with Crippen LogP contribution in [0, 0.1) is 11.6 Å². The molecule has 2 heterocycles. The molecule has 1 aliphatic carbocycles. The molecule has 1 aromatic heterocycles. The molecule has 0 bridgehead atoms. The van der Waals surface area contributed by atoms with E-state index in [9.17, 15) is 40.0 Å². The number of benzene rings is 2. The van der Waals surface area contributed by atoms with Gasteiger partial charge in [0.25, 0.3) is 11.8 Å². The first-order valence-corrected chi connectivity index (χ1v) is 14.0. The molecular formula is C25H19F7N4O5S. The lowest BCUT2D eigenvalue weighted by atomic mass is 9.80. The molecule has 1 aliphatic heterocycles. The third-order valence-corrected chi connectivity index (χ3v) is 7.51. The Kier molecular flexibility index (Phi) is 6.78. The molecule has 17 heteroatoms. The van der Waals surface area contributed by atoms with E-state index >= 15 is 8.78 Å². The maximum atomic E-state index is 15.7. The Balaban J connectivity index is 1.60. The van der Waals surface area contributed by atoms with E-state index in [1.54, 1.807) is 0 Å². The van der Waals surface area contributed by atoms with Gasteiger partial charge in [0, 0.05) is 25.2 Å². The number of nitrogens with zero attached hydrogens (tertiary/aromatic N) is 2. The van der Waals surface area contributed by atoms with Crippen LogP contribution >= 0.6 is 0 Å². The molecular weight excluding hydrogens is 601 g/mol. The van der Waals surface area contributed by atoms with Crippen molar-refractivity contribution in [3.63, 3.8) is 0 Å². The zero-order valence-electron chi connectivity index (χ0n) is 21.3. The molecule has 2 aliphatic rings. The van der Waals surface area contributed by atoms with Crippen molar-refractivity contribution in [1.82, 2.24) is 15.1 Å². The summed E-state index contributed by atoms with van der Waals surface area (Å²) >= 11 is 0. The zero-order chi connectivity index (χ0) is 30.8. The molecule has 0 unspecified atom stereocenters. The van der Waals surface area contributed by atoms with E-state index in [-0.39, 0.29) is 28.3 Å². The third kappa shape index (κ3) is 5.28. The van der Waals surface area contributed by atoms with Crippen LogP contribution in [0.2, 0.25) is 0 Å². The smallest absolute Gasteiger partial charge is 0.422 e. The number of alkyl halides is 5. The molecule has 1 atom stereocenters. The van der Waals surface area contributed by atoms with Crippen molar-refractivity contribution in [2.24, 2.45) is 0 Å². The zero-order valence-corrected chi connectivity index (χ0v) is 22.1. The van der Waals surface area contributed by atoms with Crippen LogP contribution in [-0.2, 0) is 33.0 Å². The Bertz CT molecular complexity index is 1740. The summed E-state index contributed by atoms with van der Waals surface area (Å²) in [6.45, 7) is -1.65. The molecule has 0 saturated carbocycles. The minimum absolute atomic E-state index is 0.0925. The second-order valence-corrected chi connectivity index (χ2v) is 12.1. The number of halogens is 7. The Morgan fingerprint density at radius 3 is 2.48 bits per heavy atom. The average molecular weight is 621 g/mol. The summed E-state index contributed by atoms with van der Waals surface area (Å²) in [4.78, 5) is 25.9. The summed E-state index contributed by atoms with van der Waals surface area (Å²) in [7, 11) is -3.86. The maximum Gasteiger partial charge on any atom is 0.422 e. The van der Waals surface area contributed by atoms with Gasteiger partial charge in [0.1, 0.15) is 28.4 Å². The van der Waals surface area contributed by atoms with Crippen LogP contribution in [-0.4, -0.2) is 60.7 Å². The van der Waals surface area contributed by atoms with Gasteiger partial charge in [0.2, 0.25) is 5.91 Å². The standard InChI is InChI=1S/C25H19F7N4O5S/c1-42(39,40)10-19(37)33-21-20-18(35-36(21)13-2-5-16(26)17(27)7-13)9-23(34-22(20)38)15-4-3-14(41-11-25(30,31)32)6-12(15)8-24(23,28)29/h2-7H,8-11H2,1H3,(H,33,37)(H,34,38)/t23-/m0/s1. The summed E-state index contributed by atoms with van der Waals surface area (Å²) in [5, 5.41) is 8.59. The molecule has 5 rings (SSSR count). The minimum Gasteiger partial charge on any atom is -0.484 e. The Morgan fingerprint density at radius 2 is 1.83 bits per heavy atom. The first-order valence-electron chi connectivity index (χ1n) is 12.0. The van der Waals surface area contributed by atoms with Crippen molar-refractivity contribution >= 4 is 27.5 Å².